The van der Waals surface area contributed by atoms with Gasteiger partial charge in [-0.25, -0.2) is 4.79 Å². The summed E-state index contributed by atoms with van der Waals surface area (Å²) >= 11 is 0. The molecular formula is C29H49N3O5. The number of phenolic OH excluding ortho intramolecular Hbond substituents is 1. The Morgan fingerprint density at radius 2 is 1.51 bits per heavy atom. The first-order chi connectivity index (χ1) is 17.0. The molecule has 0 aliphatic heterocycles. The van der Waals surface area contributed by atoms with E-state index >= 15 is 0 Å². The molecule has 0 bridgehead atoms. The van der Waals surface area contributed by atoms with E-state index in [9.17, 15) is 19.5 Å². The lowest BCUT2D eigenvalue weighted by Gasteiger charge is -2.39. The van der Waals surface area contributed by atoms with Crippen LogP contribution in [0.3, 0.4) is 0 Å². The SMILES string of the molecule is CC(C)CCC(C)N(C(=O)C(CC(C)C)NC(=O)OC(C)(C)C)C(C(=O)NC(C)C)c1ccccc1O. The van der Waals surface area contributed by atoms with E-state index in [1.807, 2.05) is 34.6 Å². The van der Waals surface area contributed by atoms with E-state index in [1.54, 1.807) is 43.9 Å². The smallest absolute Gasteiger partial charge is 0.408 e. The highest BCUT2D eigenvalue weighted by atomic mass is 16.6. The fraction of sp³-hybridized carbons (Fsp3) is 0.690. The molecule has 0 aromatic heterocycles. The van der Waals surface area contributed by atoms with E-state index in [2.05, 4.69) is 24.5 Å². The molecule has 0 fully saturated rings. The second-order valence-corrected chi connectivity index (χ2v) is 12.0. The van der Waals surface area contributed by atoms with Crippen molar-refractivity contribution >= 4 is 17.9 Å². The van der Waals surface area contributed by atoms with Crippen LogP contribution in [-0.2, 0) is 14.3 Å². The van der Waals surface area contributed by atoms with Gasteiger partial charge in [0.15, 0.2) is 0 Å². The molecule has 0 aliphatic rings. The summed E-state index contributed by atoms with van der Waals surface area (Å²) < 4.78 is 5.44. The molecule has 0 aliphatic carbocycles. The molecule has 1 aromatic rings. The molecule has 8 nitrogen and oxygen atoms in total. The number of para-hydroxylation sites is 1. The Balaban J connectivity index is 3.63. The van der Waals surface area contributed by atoms with Gasteiger partial charge in [-0.05, 0) is 78.7 Å². The number of rotatable bonds is 12. The Morgan fingerprint density at radius 3 is 2.00 bits per heavy atom. The van der Waals surface area contributed by atoms with Gasteiger partial charge >= 0.3 is 6.09 Å². The third kappa shape index (κ3) is 11.0. The summed E-state index contributed by atoms with van der Waals surface area (Å²) in [5.74, 6) is -0.353. The van der Waals surface area contributed by atoms with Crippen LogP contribution < -0.4 is 10.6 Å². The normalized spacial score (nSPS) is 14.3. The van der Waals surface area contributed by atoms with Crippen molar-refractivity contribution in [1.82, 2.24) is 15.5 Å². The fourth-order valence-electron chi connectivity index (χ4n) is 4.13. The van der Waals surface area contributed by atoms with Crippen molar-refractivity contribution in [3.05, 3.63) is 29.8 Å². The number of benzene rings is 1. The van der Waals surface area contributed by atoms with Gasteiger partial charge in [0.25, 0.3) is 0 Å². The average Bonchev–Trinajstić information content (AvgIpc) is 2.73. The number of aromatic hydroxyl groups is 1. The number of hydrogen-bond acceptors (Lipinski definition) is 5. The van der Waals surface area contributed by atoms with Crippen LogP contribution in [0.15, 0.2) is 24.3 Å². The van der Waals surface area contributed by atoms with Crippen molar-refractivity contribution in [1.29, 1.82) is 0 Å². The molecule has 3 amide bonds. The van der Waals surface area contributed by atoms with Gasteiger partial charge in [0, 0.05) is 17.6 Å². The highest BCUT2D eigenvalue weighted by molar-refractivity contribution is 5.92. The molecule has 210 valence electrons. The second kappa shape index (κ2) is 14.2. The molecule has 3 N–H and O–H groups in total. The van der Waals surface area contributed by atoms with Gasteiger partial charge in [-0.15, -0.1) is 0 Å². The zero-order chi connectivity index (χ0) is 28.5. The molecule has 0 spiro atoms. The summed E-state index contributed by atoms with van der Waals surface area (Å²) in [5.41, 5.74) is -0.388. The van der Waals surface area contributed by atoms with Crippen molar-refractivity contribution in [3.8, 4) is 5.75 Å². The highest BCUT2D eigenvalue weighted by Gasteiger charge is 2.40. The standard InChI is InChI=1S/C29H49N3O5/c1-18(2)15-16-21(7)32(25(26(34)30-20(5)6)22-13-11-12-14-24(22)33)27(35)23(17-19(3)4)31-28(36)37-29(8,9)10/h11-14,18-21,23,25,33H,15-17H2,1-10H3,(H,30,34)(H,31,36). The number of carbonyl (C=O) groups is 3. The minimum absolute atomic E-state index is 0.0687. The number of alkyl carbamates (subject to hydrolysis) is 1. The van der Waals surface area contributed by atoms with E-state index in [-0.39, 0.29) is 35.6 Å². The zero-order valence-corrected chi connectivity index (χ0v) is 24.4. The summed E-state index contributed by atoms with van der Waals surface area (Å²) in [7, 11) is 0. The van der Waals surface area contributed by atoms with Crippen LogP contribution in [-0.4, -0.2) is 51.6 Å². The summed E-state index contributed by atoms with van der Waals surface area (Å²) in [6.45, 7) is 19.0. The predicted molar refractivity (Wildman–Crippen MR) is 147 cm³/mol. The Morgan fingerprint density at radius 1 is 0.919 bits per heavy atom. The summed E-state index contributed by atoms with van der Waals surface area (Å²) in [5, 5.41) is 16.4. The van der Waals surface area contributed by atoms with Crippen molar-refractivity contribution in [3.63, 3.8) is 0 Å². The van der Waals surface area contributed by atoms with Gasteiger partial charge in [0.05, 0.1) is 0 Å². The van der Waals surface area contributed by atoms with Gasteiger partial charge in [-0.1, -0.05) is 45.9 Å². The van der Waals surface area contributed by atoms with Crippen LogP contribution in [0.4, 0.5) is 4.79 Å². The van der Waals surface area contributed by atoms with Gasteiger partial charge < -0.3 is 25.4 Å². The third-order valence-electron chi connectivity index (χ3n) is 5.78. The fourth-order valence-corrected chi connectivity index (χ4v) is 4.13. The molecule has 0 saturated carbocycles. The monoisotopic (exact) mass is 519 g/mol. The predicted octanol–water partition coefficient (Wildman–Crippen LogP) is 5.55. The average molecular weight is 520 g/mol. The van der Waals surface area contributed by atoms with Crippen LogP contribution in [0.25, 0.3) is 0 Å². The maximum absolute atomic E-state index is 14.3. The number of phenols is 1. The molecule has 0 radical (unpaired) electrons. The van der Waals surface area contributed by atoms with Gasteiger partial charge in [-0.2, -0.15) is 0 Å². The number of amides is 3. The highest BCUT2D eigenvalue weighted by Crippen LogP contribution is 2.33. The van der Waals surface area contributed by atoms with Crippen LogP contribution in [0, 0.1) is 11.8 Å². The molecule has 0 saturated heterocycles. The topological polar surface area (TPSA) is 108 Å². The van der Waals surface area contributed by atoms with E-state index in [0.29, 0.717) is 24.3 Å². The minimum atomic E-state index is -1.08. The quantitative estimate of drug-likeness (QED) is 0.335. The zero-order valence-electron chi connectivity index (χ0n) is 24.4. The van der Waals surface area contributed by atoms with Crippen LogP contribution in [0.2, 0.25) is 0 Å². The van der Waals surface area contributed by atoms with Crippen molar-refractivity contribution in [2.24, 2.45) is 11.8 Å². The molecular weight excluding hydrogens is 470 g/mol. The first-order valence-corrected chi connectivity index (χ1v) is 13.4. The van der Waals surface area contributed by atoms with Gasteiger partial charge in [0.1, 0.15) is 23.4 Å². The maximum Gasteiger partial charge on any atom is 0.408 e. The van der Waals surface area contributed by atoms with Gasteiger partial charge in [0.2, 0.25) is 11.8 Å². The van der Waals surface area contributed by atoms with Crippen LogP contribution in [0.1, 0.15) is 100 Å². The molecule has 3 atom stereocenters. The lowest BCUT2D eigenvalue weighted by molar-refractivity contribution is -0.145. The molecule has 8 heteroatoms. The molecule has 3 unspecified atom stereocenters. The van der Waals surface area contributed by atoms with Crippen LogP contribution >= 0.6 is 0 Å². The first-order valence-electron chi connectivity index (χ1n) is 13.4. The van der Waals surface area contributed by atoms with Gasteiger partial charge in [-0.3, -0.25) is 9.59 Å². The number of nitrogens with one attached hydrogen (secondary N) is 2. The lowest BCUT2D eigenvalue weighted by Crippen LogP contribution is -2.56. The second-order valence-electron chi connectivity index (χ2n) is 12.0. The maximum atomic E-state index is 14.3. The largest absolute Gasteiger partial charge is 0.508 e. The molecule has 0 heterocycles. The molecule has 37 heavy (non-hydrogen) atoms. The van der Waals surface area contributed by atoms with Crippen molar-refractivity contribution in [2.45, 2.75) is 118 Å². The van der Waals surface area contributed by atoms with E-state index in [1.165, 1.54) is 6.07 Å². The lowest BCUT2D eigenvalue weighted by atomic mass is 9.95. The first kappa shape index (κ1) is 32.3. The Bertz CT molecular complexity index is 892. The number of ether oxygens (including phenoxy) is 1. The van der Waals surface area contributed by atoms with E-state index in [4.69, 9.17) is 4.74 Å². The molecule has 1 rings (SSSR count). The summed E-state index contributed by atoms with van der Waals surface area (Å²) in [4.78, 5) is 42.2. The third-order valence-corrected chi connectivity index (χ3v) is 5.78. The number of hydrogen-bond donors (Lipinski definition) is 3. The minimum Gasteiger partial charge on any atom is -0.508 e. The van der Waals surface area contributed by atoms with Crippen molar-refractivity contribution in [2.75, 3.05) is 0 Å². The van der Waals surface area contributed by atoms with Crippen molar-refractivity contribution < 1.29 is 24.2 Å². The Labute approximate surface area is 223 Å². The van der Waals surface area contributed by atoms with Crippen LogP contribution in [0.5, 0.6) is 5.75 Å². The number of carbonyl (C=O) groups excluding carboxylic acids is 3. The Kier molecular flexibility index (Phi) is 12.4. The summed E-state index contributed by atoms with van der Waals surface area (Å²) in [6, 6.07) is 4.09. The molecule has 1 aromatic carbocycles. The van der Waals surface area contributed by atoms with E-state index < -0.39 is 23.8 Å². The number of nitrogens with zero attached hydrogens (tertiary/aromatic N) is 1. The summed E-state index contributed by atoms with van der Waals surface area (Å²) in [6.07, 6.45) is 1.18. The Hall–Kier alpha value is -2.77. The van der Waals surface area contributed by atoms with E-state index in [0.717, 1.165) is 6.42 Å².